The SMILES string of the molecule is CC(C)(C)[I-]C(N)C(=O)O. The summed E-state index contributed by atoms with van der Waals surface area (Å²) < 4.78 is -0.504. The van der Waals surface area contributed by atoms with Crippen molar-refractivity contribution in [3.63, 3.8) is 0 Å². The minimum absolute atomic E-state index is 0.108. The molecule has 0 aliphatic rings. The number of carboxylic acid groups (broad SMARTS) is 1. The molecule has 0 saturated carbocycles. The van der Waals surface area contributed by atoms with Crippen LogP contribution in [0.15, 0.2) is 0 Å². The van der Waals surface area contributed by atoms with E-state index < -0.39 is 31.2 Å². The summed E-state index contributed by atoms with van der Waals surface area (Å²) in [7, 11) is 0. The van der Waals surface area contributed by atoms with Crippen molar-refractivity contribution in [2.75, 3.05) is 0 Å². The molecule has 0 fully saturated rings. The number of rotatable bonds is 2. The summed E-state index contributed by atoms with van der Waals surface area (Å²) in [5.74, 6) is -0.872. The molecule has 3 nitrogen and oxygen atoms in total. The number of carbonyl (C=O) groups is 1. The van der Waals surface area contributed by atoms with Crippen molar-refractivity contribution in [2.24, 2.45) is 5.73 Å². The quantitative estimate of drug-likeness (QED) is 0.320. The summed E-state index contributed by atoms with van der Waals surface area (Å²) in [6.45, 7) is 6.05. The fourth-order valence-electron chi connectivity index (χ4n) is 0.399. The van der Waals surface area contributed by atoms with Crippen molar-refractivity contribution in [3.05, 3.63) is 0 Å². The van der Waals surface area contributed by atoms with Gasteiger partial charge in [-0.2, -0.15) is 0 Å². The molecule has 1 unspecified atom stereocenters. The Bertz CT molecular complexity index is 130. The number of carboxylic acids is 1. The monoisotopic (exact) mass is 258 g/mol. The second-order valence-electron chi connectivity index (χ2n) is 2.92. The molecule has 10 heavy (non-hydrogen) atoms. The van der Waals surface area contributed by atoms with Gasteiger partial charge in [0, 0.05) is 0 Å². The van der Waals surface area contributed by atoms with Crippen LogP contribution in [0.1, 0.15) is 20.8 Å². The van der Waals surface area contributed by atoms with E-state index in [4.69, 9.17) is 10.8 Å². The molecule has 0 aromatic heterocycles. The average Bonchev–Trinajstić information content (AvgIpc) is 1.60. The van der Waals surface area contributed by atoms with E-state index in [1.807, 2.05) is 20.8 Å². The Hall–Kier alpha value is 0.160. The van der Waals surface area contributed by atoms with Gasteiger partial charge in [0.1, 0.15) is 0 Å². The normalized spacial score (nSPS) is 15.2. The van der Waals surface area contributed by atoms with Crippen molar-refractivity contribution in [1.29, 1.82) is 0 Å². The molecule has 0 heterocycles. The van der Waals surface area contributed by atoms with Crippen molar-refractivity contribution < 1.29 is 31.1 Å². The van der Waals surface area contributed by atoms with E-state index in [2.05, 4.69) is 0 Å². The van der Waals surface area contributed by atoms with Crippen LogP contribution in [-0.4, -0.2) is 18.5 Å². The maximum absolute atomic E-state index is 10.3. The number of halogens is 1. The molecule has 0 aliphatic carbocycles. The third kappa shape index (κ3) is 4.99. The molecule has 0 aromatic rings. The van der Waals surface area contributed by atoms with E-state index in [0.29, 0.717) is 0 Å². The Labute approximate surface area is 71.2 Å². The summed E-state index contributed by atoms with van der Waals surface area (Å²) in [4.78, 5) is 10.3. The molecule has 0 saturated heterocycles. The first-order valence-corrected chi connectivity index (χ1v) is 5.28. The van der Waals surface area contributed by atoms with E-state index in [-0.39, 0.29) is 3.42 Å². The van der Waals surface area contributed by atoms with Crippen molar-refractivity contribution in [2.45, 2.75) is 28.2 Å². The van der Waals surface area contributed by atoms with Crippen LogP contribution in [0.5, 0.6) is 0 Å². The molecular weight excluding hydrogens is 245 g/mol. The number of aliphatic carboxylic acids is 1. The third-order valence-corrected chi connectivity index (χ3v) is 3.75. The van der Waals surface area contributed by atoms with Crippen LogP contribution in [0.4, 0.5) is 0 Å². The summed E-state index contributed by atoms with van der Waals surface area (Å²) in [6.07, 6.45) is 0. The molecule has 0 spiro atoms. The molecule has 0 bridgehead atoms. The molecule has 0 amide bonds. The first-order chi connectivity index (χ1) is 4.33. The van der Waals surface area contributed by atoms with E-state index in [1.54, 1.807) is 0 Å². The molecule has 3 N–H and O–H groups in total. The van der Waals surface area contributed by atoms with Gasteiger partial charge in [0.05, 0.1) is 0 Å². The summed E-state index contributed by atoms with van der Waals surface area (Å²) in [5.41, 5.74) is 5.35. The topological polar surface area (TPSA) is 63.3 Å². The van der Waals surface area contributed by atoms with Crippen LogP contribution in [0.25, 0.3) is 0 Å². The van der Waals surface area contributed by atoms with Crippen molar-refractivity contribution in [3.8, 4) is 0 Å². The van der Waals surface area contributed by atoms with Crippen LogP contribution < -0.4 is 26.9 Å². The molecule has 0 aliphatic heterocycles. The fraction of sp³-hybridized carbons (Fsp3) is 0.833. The second-order valence-corrected chi connectivity index (χ2v) is 8.12. The summed E-state index contributed by atoms with van der Waals surface area (Å²) in [6, 6.07) is 0. The first kappa shape index (κ1) is 10.2. The Morgan fingerprint density at radius 2 is 2.00 bits per heavy atom. The van der Waals surface area contributed by atoms with Gasteiger partial charge < -0.3 is 0 Å². The van der Waals surface area contributed by atoms with Gasteiger partial charge in [-0.1, -0.05) is 0 Å². The van der Waals surface area contributed by atoms with Gasteiger partial charge in [0.25, 0.3) is 0 Å². The first-order valence-electron chi connectivity index (χ1n) is 2.96. The molecule has 4 heteroatoms. The molecule has 1 atom stereocenters. The zero-order chi connectivity index (χ0) is 8.36. The number of alkyl halides is 2. The predicted molar refractivity (Wildman–Crippen MR) is 35.4 cm³/mol. The van der Waals surface area contributed by atoms with Gasteiger partial charge in [0.2, 0.25) is 0 Å². The molecule has 0 radical (unpaired) electrons. The van der Waals surface area contributed by atoms with E-state index in [0.717, 1.165) is 0 Å². The van der Waals surface area contributed by atoms with E-state index in [9.17, 15) is 4.79 Å². The van der Waals surface area contributed by atoms with Crippen LogP contribution in [0, 0.1) is 0 Å². The predicted octanol–water partition coefficient (Wildman–Crippen LogP) is -2.76. The van der Waals surface area contributed by atoms with E-state index >= 15 is 0 Å². The maximum atomic E-state index is 10.3. The second kappa shape index (κ2) is 3.52. The van der Waals surface area contributed by atoms with Gasteiger partial charge in [-0.15, -0.1) is 0 Å². The molecular formula is C6H13INO2-. The van der Waals surface area contributed by atoms with Crippen LogP contribution in [0.2, 0.25) is 0 Å². The molecule has 0 aromatic carbocycles. The summed E-state index contributed by atoms with van der Waals surface area (Å²) in [5, 5.41) is 8.45. The van der Waals surface area contributed by atoms with Crippen LogP contribution in [0.3, 0.4) is 0 Å². The Morgan fingerprint density at radius 1 is 1.60 bits per heavy atom. The van der Waals surface area contributed by atoms with Crippen molar-refractivity contribution >= 4 is 5.97 Å². The Morgan fingerprint density at radius 3 is 2.10 bits per heavy atom. The van der Waals surface area contributed by atoms with Gasteiger partial charge in [-0.3, -0.25) is 0 Å². The average molecular weight is 258 g/mol. The number of nitrogens with two attached hydrogens (primary N) is 1. The van der Waals surface area contributed by atoms with Gasteiger partial charge in [0.15, 0.2) is 0 Å². The Balaban J connectivity index is 3.80. The van der Waals surface area contributed by atoms with Crippen LogP contribution in [-0.2, 0) is 4.79 Å². The van der Waals surface area contributed by atoms with Gasteiger partial charge in [-0.25, -0.2) is 0 Å². The van der Waals surface area contributed by atoms with Crippen LogP contribution >= 0.6 is 0 Å². The van der Waals surface area contributed by atoms with E-state index in [1.165, 1.54) is 0 Å². The Kier molecular flexibility index (Phi) is 3.58. The van der Waals surface area contributed by atoms with Gasteiger partial charge in [-0.05, 0) is 0 Å². The zero-order valence-electron chi connectivity index (χ0n) is 6.39. The zero-order valence-corrected chi connectivity index (χ0v) is 8.55. The number of hydrogen-bond donors (Lipinski definition) is 2. The standard InChI is InChI=1S/C6H13INO2/c1-6(2,3)7-4(8)5(9)10/h4H,8H2,1-3H3,(H,9,10)/q-1. The number of hydrogen-bond acceptors (Lipinski definition) is 2. The molecule has 62 valence electrons. The third-order valence-electron chi connectivity index (χ3n) is 0.681. The minimum atomic E-state index is -0.872. The fourth-order valence-corrected chi connectivity index (χ4v) is 2.68. The van der Waals surface area contributed by atoms with Crippen molar-refractivity contribution in [1.82, 2.24) is 0 Å². The molecule has 0 rings (SSSR count). The summed E-state index contributed by atoms with van der Waals surface area (Å²) >= 11 is -0.443. The van der Waals surface area contributed by atoms with Gasteiger partial charge >= 0.3 is 71.1 Å².